The average Bonchev–Trinajstić information content (AvgIpc) is 2.94. The summed E-state index contributed by atoms with van der Waals surface area (Å²) in [5.74, 6) is 1.96. The number of anilines is 2. The Bertz CT molecular complexity index is 807. The second kappa shape index (κ2) is 7.62. The summed E-state index contributed by atoms with van der Waals surface area (Å²) in [5.41, 5.74) is 2.41. The van der Waals surface area contributed by atoms with E-state index in [9.17, 15) is 9.59 Å². The van der Waals surface area contributed by atoms with Crippen molar-refractivity contribution in [2.24, 2.45) is 0 Å². The third-order valence-electron chi connectivity index (χ3n) is 3.34. The highest BCUT2D eigenvalue weighted by atomic mass is 32.1. The first-order valence-corrected chi connectivity index (χ1v) is 7.99. The number of nitrogens with one attached hydrogen (secondary N) is 2. The number of benzene rings is 1. The van der Waals surface area contributed by atoms with Gasteiger partial charge in [0, 0.05) is 25.3 Å². The highest BCUT2D eigenvalue weighted by molar-refractivity contribution is 7.10. The van der Waals surface area contributed by atoms with E-state index >= 15 is 0 Å². The predicted molar refractivity (Wildman–Crippen MR) is 96.4 cm³/mol. The molecule has 0 aliphatic carbocycles. The van der Waals surface area contributed by atoms with Crippen LogP contribution in [0.2, 0.25) is 0 Å². The Kier molecular flexibility index (Phi) is 5.55. The van der Waals surface area contributed by atoms with Gasteiger partial charge in [-0.05, 0) is 36.7 Å². The van der Waals surface area contributed by atoms with Gasteiger partial charge in [0.15, 0.2) is 0 Å². The Morgan fingerprint density at radius 1 is 1.42 bits per heavy atom. The summed E-state index contributed by atoms with van der Waals surface area (Å²) in [6.07, 6.45) is 5.34. The second-order valence-corrected chi connectivity index (χ2v) is 5.93. The SMILES string of the molecule is C#Cc1cccc(NC(=O)CN(C)C(=O)c2c(C)nsc2NC)c1. The zero-order valence-electron chi connectivity index (χ0n) is 13.7. The number of carbonyl (C=O) groups is 2. The number of terminal acetylenes is 1. The van der Waals surface area contributed by atoms with E-state index in [4.69, 9.17) is 6.42 Å². The molecule has 1 aromatic carbocycles. The van der Waals surface area contributed by atoms with Crippen molar-refractivity contribution in [1.29, 1.82) is 0 Å². The van der Waals surface area contributed by atoms with Crippen molar-refractivity contribution < 1.29 is 9.59 Å². The predicted octanol–water partition coefficient (Wildman–Crippen LogP) is 2.19. The quantitative estimate of drug-likeness (QED) is 0.817. The summed E-state index contributed by atoms with van der Waals surface area (Å²) in [7, 11) is 3.31. The molecule has 2 amide bonds. The van der Waals surface area contributed by atoms with Gasteiger partial charge in [0.05, 0.1) is 17.8 Å². The van der Waals surface area contributed by atoms with Crippen molar-refractivity contribution in [2.75, 3.05) is 31.3 Å². The zero-order chi connectivity index (χ0) is 17.7. The van der Waals surface area contributed by atoms with Crippen LogP contribution in [0.5, 0.6) is 0 Å². The molecule has 2 N–H and O–H groups in total. The van der Waals surface area contributed by atoms with E-state index in [0.717, 1.165) is 0 Å². The number of hydrogen-bond donors (Lipinski definition) is 2. The number of likely N-dealkylation sites (N-methyl/N-ethyl adjacent to an activating group) is 1. The Hall–Kier alpha value is -2.85. The fraction of sp³-hybridized carbons (Fsp3) is 0.235. The first kappa shape index (κ1) is 17.5. The van der Waals surface area contributed by atoms with Gasteiger partial charge >= 0.3 is 0 Å². The van der Waals surface area contributed by atoms with Gasteiger partial charge in [-0.15, -0.1) is 6.42 Å². The molecular weight excluding hydrogens is 324 g/mol. The van der Waals surface area contributed by atoms with Crippen LogP contribution in [0.1, 0.15) is 21.6 Å². The van der Waals surface area contributed by atoms with Gasteiger partial charge in [0.1, 0.15) is 5.00 Å². The van der Waals surface area contributed by atoms with Crippen LogP contribution < -0.4 is 10.6 Å². The lowest BCUT2D eigenvalue weighted by atomic mass is 10.2. The van der Waals surface area contributed by atoms with Crippen LogP contribution in [0.15, 0.2) is 24.3 Å². The van der Waals surface area contributed by atoms with E-state index in [1.165, 1.54) is 16.4 Å². The maximum Gasteiger partial charge on any atom is 0.258 e. The van der Waals surface area contributed by atoms with E-state index < -0.39 is 0 Å². The fourth-order valence-electron chi connectivity index (χ4n) is 2.16. The number of aryl methyl sites for hydroxylation is 1. The van der Waals surface area contributed by atoms with Crippen molar-refractivity contribution >= 4 is 34.0 Å². The molecule has 2 aromatic rings. The molecule has 7 heteroatoms. The van der Waals surface area contributed by atoms with Gasteiger partial charge in [-0.25, -0.2) is 0 Å². The second-order valence-electron chi connectivity index (χ2n) is 5.16. The van der Waals surface area contributed by atoms with Crippen LogP contribution in [-0.2, 0) is 4.79 Å². The number of amides is 2. The third-order valence-corrected chi connectivity index (χ3v) is 4.30. The van der Waals surface area contributed by atoms with Crippen LogP contribution in [-0.4, -0.2) is 41.7 Å². The minimum atomic E-state index is -0.299. The van der Waals surface area contributed by atoms with Crippen LogP contribution >= 0.6 is 11.5 Å². The lowest BCUT2D eigenvalue weighted by molar-refractivity contribution is -0.116. The smallest absolute Gasteiger partial charge is 0.258 e. The van der Waals surface area contributed by atoms with Crippen LogP contribution in [0.3, 0.4) is 0 Å². The van der Waals surface area contributed by atoms with E-state index in [0.29, 0.717) is 27.5 Å². The summed E-state index contributed by atoms with van der Waals surface area (Å²) in [4.78, 5) is 26.1. The molecule has 0 saturated carbocycles. The molecule has 0 bridgehead atoms. The van der Waals surface area contributed by atoms with Crippen molar-refractivity contribution in [3.63, 3.8) is 0 Å². The Labute approximate surface area is 145 Å². The van der Waals surface area contributed by atoms with E-state index in [1.54, 1.807) is 45.3 Å². The van der Waals surface area contributed by atoms with Crippen LogP contribution in [0.25, 0.3) is 0 Å². The summed E-state index contributed by atoms with van der Waals surface area (Å²) < 4.78 is 4.17. The molecule has 124 valence electrons. The van der Waals surface area contributed by atoms with Gasteiger partial charge in [-0.1, -0.05) is 12.0 Å². The van der Waals surface area contributed by atoms with Crippen LogP contribution in [0, 0.1) is 19.3 Å². The first-order chi connectivity index (χ1) is 11.5. The molecule has 0 saturated heterocycles. The molecule has 0 radical (unpaired) electrons. The largest absolute Gasteiger partial charge is 0.378 e. The summed E-state index contributed by atoms with van der Waals surface area (Å²) in [5, 5.41) is 6.37. The first-order valence-electron chi connectivity index (χ1n) is 7.22. The molecule has 0 spiro atoms. The van der Waals surface area contributed by atoms with Gasteiger partial charge in [-0.3, -0.25) is 9.59 Å². The van der Waals surface area contributed by atoms with Crippen molar-refractivity contribution in [2.45, 2.75) is 6.92 Å². The maximum absolute atomic E-state index is 12.5. The normalized spacial score (nSPS) is 9.92. The van der Waals surface area contributed by atoms with E-state index in [2.05, 4.69) is 20.9 Å². The van der Waals surface area contributed by atoms with Gasteiger partial charge < -0.3 is 15.5 Å². The monoisotopic (exact) mass is 342 g/mol. The molecule has 6 nitrogen and oxygen atoms in total. The Morgan fingerprint density at radius 2 is 2.17 bits per heavy atom. The summed E-state index contributed by atoms with van der Waals surface area (Å²) in [6, 6.07) is 6.98. The minimum Gasteiger partial charge on any atom is -0.378 e. The highest BCUT2D eigenvalue weighted by Gasteiger charge is 2.22. The van der Waals surface area contributed by atoms with Crippen molar-refractivity contribution in [1.82, 2.24) is 9.27 Å². The number of hydrogen-bond acceptors (Lipinski definition) is 5. The molecule has 2 rings (SSSR count). The Morgan fingerprint density at radius 3 is 2.83 bits per heavy atom. The fourth-order valence-corrected chi connectivity index (χ4v) is 2.89. The van der Waals surface area contributed by atoms with Crippen molar-refractivity contribution in [3.8, 4) is 12.3 Å². The molecular formula is C17H18N4O2S. The number of nitrogens with zero attached hydrogens (tertiary/aromatic N) is 2. The third kappa shape index (κ3) is 3.91. The minimum absolute atomic E-state index is 0.0719. The molecule has 24 heavy (non-hydrogen) atoms. The number of carbonyl (C=O) groups excluding carboxylic acids is 2. The topological polar surface area (TPSA) is 74.3 Å². The zero-order valence-corrected chi connectivity index (χ0v) is 14.5. The lowest BCUT2D eigenvalue weighted by Gasteiger charge is -2.17. The summed E-state index contributed by atoms with van der Waals surface area (Å²) >= 11 is 1.22. The number of rotatable bonds is 5. The Balaban J connectivity index is 2.04. The molecule has 0 atom stereocenters. The molecule has 1 aromatic heterocycles. The average molecular weight is 342 g/mol. The van der Waals surface area contributed by atoms with E-state index in [-0.39, 0.29) is 18.4 Å². The lowest BCUT2D eigenvalue weighted by Crippen LogP contribution is -2.35. The standard InChI is InChI=1S/C17H18N4O2S/c1-5-12-7-6-8-13(9-12)19-14(22)10-21(4)17(23)15-11(2)20-24-16(15)18-3/h1,6-9,18H,10H2,2-4H3,(H,19,22). The number of aromatic nitrogens is 1. The van der Waals surface area contributed by atoms with Gasteiger partial charge in [0.25, 0.3) is 5.91 Å². The molecule has 0 aliphatic heterocycles. The van der Waals surface area contributed by atoms with Gasteiger partial charge in [0.2, 0.25) is 5.91 Å². The van der Waals surface area contributed by atoms with Crippen molar-refractivity contribution in [3.05, 3.63) is 41.1 Å². The summed E-state index contributed by atoms with van der Waals surface area (Å²) in [6.45, 7) is 1.70. The molecule has 0 aliphatic rings. The maximum atomic E-state index is 12.5. The highest BCUT2D eigenvalue weighted by Crippen LogP contribution is 2.25. The molecule has 1 heterocycles. The van der Waals surface area contributed by atoms with Crippen LogP contribution in [0.4, 0.5) is 10.7 Å². The molecule has 0 unspecified atom stereocenters. The van der Waals surface area contributed by atoms with Gasteiger partial charge in [-0.2, -0.15) is 4.37 Å². The van der Waals surface area contributed by atoms with E-state index in [1.807, 2.05) is 0 Å². The molecule has 0 fully saturated rings.